The molecular formula is C80H40B2N4. The summed E-state index contributed by atoms with van der Waals surface area (Å²) >= 11 is 0. The third-order valence-electron chi connectivity index (χ3n) is 19.1. The molecule has 0 fully saturated rings. The number of fused-ring (bicyclic) bond motifs is 10. The molecule has 18 rings (SSSR count). The maximum atomic E-state index is 11.1. The molecule has 4 nitrogen and oxygen atoms in total. The van der Waals surface area contributed by atoms with Crippen LogP contribution in [0.1, 0.15) is 16.7 Å². The van der Waals surface area contributed by atoms with Gasteiger partial charge in [0.1, 0.15) is 0 Å². The van der Waals surface area contributed by atoms with Crippen molar-refractivity contribution in [2.45, 2.75) is 0 Å². The minimum atomic E-state index is -0.227. The van der Waals surface area contributed by atoms with Crippen LogP contribution in [0.4, 0.5) is 5.69 Å². The van der Waals surface area contributed by atoms with Crippen LogP contribution in [-0.2, 0) is 0 Å². The second kappa shape index (κ2) is 17.9. The summed E-state index contributed by atoms with van der Waals surface area (Å²) in [5.74, 6) is 0. The van der Waals surface area contributed by atoms with Gasteiger partial charge in [-0.05, 0) is 198 Å². The predicted molar refractivity (Wildman–Crippen MR) is 354 cm³/mol. The molecule has 0 aromatic heterocycles. The molecule has 386 valence electrons. The highest BCUT2D eigenvalue weighted by Gasteiger charge is 2.45. The molecule has 0 atom stereocenters. The molecule has 6 heteroatoms. The predicted octanol–water partition coefficient (Wildman–Crippen LogP) is 15.7. The first-order valence-corrected chi connectivity index (χ1v) is 29.1. The average Bonchev–Trinajstić information content (AvgIpc) is 1.18. The van der Waals surface area contributed by atoms with Crippen LogP contribution < -0.4 is 32.8 Å². The lowest BCUT2D eigenvalue weighted by atomic mass is 9.34. The highest BCUT2D eigenvalue weighted by molar-refractivity contribution is 7.03. The largest absolute Gasteiger partial charge is 0.244 e. The van der Waals surface area contributed by atoms with E-state index in [9.17, 15) is 15.8 Å². The van der Waals surface area contributed by atoms with Crippen LogP contribution in [0.2, 0.25) is 0 Å². The van der Waals surface area contributed by atoms with Gasteiger partial charge < -0.3 is 0 Å². The first-order valence-electron chi connectivity index (χ1n) is 29.1. The third-order valence-corrected chi connectivity index (χ3v) is 19.1. The second-order valence-corrected chi connectivity index (χ2v) is 23.2. The van der Waals surface area contributed by atoms with Crippen LogP contribution in [0.15, 0.2) is 243 Å². The zero-order valence-electron chi connectivity index (χ0n) is 46.0. The Morgan fingerprint density at radius 2 is 0.640 bits per heavy atom. The van der Waals surface area contributed by atoms with Crippen molar-refractivity contribution in [2.75, 3.05) is 0 Å². The van der Waals surface area contributed by atoms with Crippen molar-refractivity contribution in [1.82, 2.24) is 0 Å². The summed E-state index contributed by atoms with van der Waals surface area (Å²) in [5.41, 5.74) is 30.4. The van der Waals surface area contributed by atoms with Gasteiger partial charge >= 0.3 is 0 Å². The van der Waals surface area contributed by atoms with Gasteiger partial charge in [-0.2, -0.15) is 15.8 Å². The molecular weight excluding hydrogens is 1040 g/mol. The van der Waals surface area contributed by atoms with E-state index in [2.05, 4.69) is 229 Å². The molecule has 0 amide bonds. The first-order chi connectivity index (χ1) is 42.5. The fraction of sp³-hybridized carbons (Fsp3) is 0. The molecule has 4 aliphatic heterocycles. The molecule has 0 unspecified atom stereocenters. The van der Waals surface area contributed by atoms with Gasteiger partial charge in [-0.25, -0.2) is 4.85 Å². The molecule has 4 heterocycles. The van der Waals surface area contributed by atoms with E-state index in [0.717, 1.165) is 165 Å². The van der Waals surface area contributed by atoms with E-state index in [1.165, 1.54) is 10.9 Å². The summed E-state index contributed by atoms with van der Waals surface area (Å²) in [6.07, 6.45) is 0. The Kier molecular flexibility index (Phi) is 9.93. The van der Waals surface area contributed by atoms with E-state index >= 15 is 0 Å². The number of nitriles is 3. The van der Waals surface area contributed by atoms with Crippen molar-refractivity contribution in [1.29, 1.82) is 15.8 Å². The van der Waals surface area contributed by atoms with Crippen LogP contribution in [-0.4, -0.2) is 13.4 Å². The van der Waals surface area contributed by atoms with E-state index in [4.69, 9.17) is 6.57 Å². The second-order valence-electron chi connectivity index (χ2n) is 23.2. The molecule has 4 aliphatic rings. The van der Waals surface area contributed by atoms with Crippen LogP contribution in [0.3, 0.4) is 0 Å². The minimum Gasteiger partial charge on any atom is -0.238 e. The number of nitrogens with zero attached hydrogens (tertiary/aromatic N) is 4. The summed E-state index contributed by atoms with van der Waals surface area (Å²) < 4.78 is 0. The van der Waals surface area contributed by atoms with E-state index in [0.29, 0.717) is 22.4 Å². The molecule has 0 saturated heterocycles. The van der Waals surface area contributed by atoms with Gasteiger partial charge in [-0.15, -0.1) is 0 Å². The van der Waals surface area contributed by atoms with Gasteiger partial charge in [0.2, 0.25) is 13.4 Å². The standard InChI is InChI=1S/C80H40B2N4/c1-86-52-29-31-70-58(37-52)66-34-47(44-85)36-68-62-39-60(74-55(50-20-10-4-11-21-50)26-15-27-56(74)51-22-12-5-13-23-51)63-40-71-75-61(67-35-46(43-84)33-65-57-32-45(42-83)28-30-69(57)81(71)79(65)67)38-59(64-41-72(82(70)80(66)68)76(62)78(63)77(64)75)73-53(48-16-6-2-7-17-48)24-14-25-54(73)49-18-8-3-9-19-49/h2-41H. The number of benzene rings is 14. The Labute approximate surface area is 497 Å². The summed E-state index contributed by atoms with van der Waals surface area (Å²) in [6.45, 7) is 7.79. The van der Waals surface area contributed by atoms with Gasteiger partial charge in [0, 0.05) is 0 Å². The highest BCUT2D eigenvalue weighted by Crippen LogP contribution is 2.55. The van der Waals surface area contributed by atoms with Crippen molar-refractivity contribution < 1.29 is 0 Å². The van der Waals surface area contributed by atoms with Gasteiger partial charge in [-0.3, -0.25) is 0 Å². The van der Waals surface area contributed by atoms with Crippen molar-refractivity contribution in [3.8, 4) is 129 Å². The maximum absolute atomic E-state index is 11.1. The summed E-state index contributed by atoms with van der Waals surface area (Å²) in [6, 6.07) is 94.6. The maximum Gasteiger partial charge on any atom is 0.244 e. The van der Waals surface area contributed by atoms with Gasteiger partial charge in [0.15, 0.2) is 5.69 Å². The molecule has 0 saturated carbocycles. The zero-order valence-corrected chi connectivity index (χ0v) is 46.0. The van der Waals surface area contributed by atoms with Crippen LogP contribution in [0, 0.1) is 40.6 Å². The lowest BCUT2D eigenvalue weighted by Crippen LogP contribution is -2.53. The van der Waals surface area contributed by atoms with Crippen molar-refractivity contribution in [2.24, 2.45) is 0 Å². The molecule has 0 radical (unpaired) electrons. The number of hydrogen-bond acceptors (Lipinski definition) is 3. The van der Waals surface area contributed by atoms with Crippen molar-refractivity contribution >= 4 is 84.2 Å². The monoisotopic (exact) mass is 1080 g/mol. The topological polar surface area (TPSA) is 75.7 Å². The molecule has 0 aliphatic carbocycles. The van der Waals surface area contributed by atoms with E-state index in [-0.39, 0.29) is 13.4 Å². The smallest absolute Gasteiger partial charge is 0.238 e. The molecule has 14 aromatic carbocycles. The van der Waals surface area contributed by atoms with Crippen molar-refractivity contribution in [3.05, 3.63) is 271 Å². The van der Waals surface area contributed by atoms with Crippen LogP contribution in [0.5, 0.6) is 0 Å². The molecule has 0 spiro atoms. The SMILES string of the molecule is [C-]#[N+]c1ccc2c(c1)-c1cc(C#N)cc3c1B2c1cc2c(-c4c(-c5ccccc5)cccc4-c4ccccc4)cc4c5c(cc6c(-c7c(-c8ccccc8)cccc7-c7ccccc7)cc-3c1c6c25)B1c2ccc(C#N)cc2-c2cc(C#N)cc-4c21. The fourth-order valence-corrected chi connectivity index (χ4v) is 15.8. The lowest BCUT2D eigenvalue weighted by Gasteiger charge is -2.33. The van der Waals surface area contributed by atoms with Crippen LogP contribution in [0.25, 0.3) is 148 Å². The van der Waals surface area contributed by atoms with Gasteiger partial charge in [-0.1, -0.05) is 221 Å². The highest BCUT2D eigenvalue weighted by atomic mass is 14.6. The lowest BCUT2D eigenvalue weighted by molar-refractivity contribution is 1.48. The third kappa shape index (κ3) is 6.45. The zero-order chi connectivity index (χ0) is 57.1. The van der Waals surface area contributed by atoms with E-state index < -0.39 is 0 Å². The fourth-order valence-electron chi connectivity index (χ4n) is 15.8. The molecule has 0 N–H and O–H groups in total. The van der Waals surface area contributed by atoms with Crippen LogP contribution >= 0.6 is 0 Å². The van der Waals surface area contributed by atoms with Gasteiger partial charge in [0.05, 0.1) is 41.5 Å². The quantitative estimate of drug-likeness (QED) is 0.0946. The summed E-state index contributed by atoms with van der Waals surface area (Å²) in [7, 11) is 0. The molecule has 86 heavy (non-hydrogen) atoms. The Balaban J connectivity index is 1.12. The Bertz CT molecular complexity index is 5110. The first kappa shape index (κ1) is 47.8. The number of hydrogen-bond donors (Lipinski definition) is 0. The summed E-state index contributed by atoms with van der Waals surface area (Å²) in [5, 5.41) is 39.4. The number of rotatable bonds is 6. The van der Waals surface area contributed by atoms with E-state index in [1.54, 1.807) is 0 Å². The Hall–Kier alpha value is -11.8. The minimum absolute atomic E-state index is 0.223. The van der Waals surface area contributed by atoms with E-state index in [1.807, 2.05) is 36.4 Å². The normalized spacial score (nSPS) is 12.3. The van der Waals surface area contributed by atoms with Gasteiger partial charge in [0.25, 0.3) is 0 Å². The summed E-state index contributed by atoms with van der Waals surface area (Å²) in [4.78, 5) is 3.97. The Morgan fingerprint density at radius 1 is 0.279 bits per heavy atom. The average molecular weight is 1080 g/mol. The molecule has 14 aromatic rings. The molecule has 0 bridgehead atoms. The van der Waals surface area contributed by atoms with Crippen molar-refractivity contribution in [3.63, 3.8) is 0 Å². The Morgan fingerprint density at radius 3 is 1.02 bits per heavy atom.